The first kappa shape index (κ1) is 14.5. The van der Waals surface area contributed by atoms with Crippen molar-refractivity contribution in [2.24, 2.45) is 5.92 Å². The molecule has 0 aromatic carbocycles. The highest BCUT2D eigenvalue weighted by Crippen LogP contribution is 2.32. The molecule has 2 unspecified atom stereocenters. The van der Waals surface area contributed by atoms with Crippen molar-refractivity contribution >= 4 is 17.3 Å². The molecule has 0 aliphatic heterocycles. The molecule has 110 valence electrons. The predicted molar refractivity (Wildman–Crippen MR) is 77.9 cm³/mol. The van der Waals surface area contributed by atoms with Crippen molar-refractivity contribution in [3.63, 3.8) is 0 Å². The Kier molecular flexibility index (Phi) is 4.70. The van der Waals surface area contributed by atoms with Crippen molar-refractivity contribution in [3.8, 4) is 0 Å². The van der Waals surface area contributed by atoms with Gasteiger partial charge in [0.15, 0.2) is 0 Å². The maximum Gasteiger partial charge on any atom is 0.353 e. The molecule has 0 radical (unpaired) electrons. The van der Waals surface area contributed by atoms with Crippen molar-refractivity contribution in [3.05, 3.63) is 16.4 Å². The highest BCUT2D eigenvalue weighted by atomic mass is 16.6. The summed E-state index contributed by atoms with van der Waals surface area (Å²) in [6.07, 6.45) is 5.80. The average molecular weight is 279 g/mol. The summed E-state index contributed by atoms with van der Waals surface area (Å²) in [5, 5.41) is 17.4. The van der Waals surface area contributed by atoms with Gasteiger partial charge in [-0.2, -0.15) is 0 Å². The van der Waals surface area contributed by atoms with Gasteiger partial charge in [0.05, 0.1) is 4.92 Å². The zero-order chi connectivity index (χ0) is 14.5. The molecule has 0 amide bonds. The van der Waals surface area contributed by atoms with Gasteiger partial charge in [-0.1, -0.05) is 19.8 Å². The molecule has 1 aliphatic carbocycles. The van der Waals surface area contributed by atoms with Crippen LogP contribution in [0.4, 0.5) is 17.3 Å². The Labute approximate surface area is 118 Å². The Morgan fingerprint density at radius 2 is 2.15 bits per heavy atom. The van der Waals surface area contributed by atoms with Crippen molar-refractivity contribution < 1.29 is 4.92 Å². The smallest absolute Gasteiger partial charge is 0.353 e. The first-order chi connectivity index (χ1) is 9.61. The van der Waals surface area contributed by atoms with Crippen LogP contribution in [0.15, 0.2) is 6.33 Å². The summed E-state index contributed by atoms with van der Waals surface area (Å²) in [5.74, 6) is 1.24. The Morgan fingerprint density at radius 3 is 2.80 bits per heavy atom. The van der Waals surface area contributed by atoms with Gasteiger partial charge in [0.25, 0.3) is 0 Å². The van der Waals surface area contributed by atoms with Crippen molar-refractivity contribution in [2.75, 3.05) is 17.2 Å². The summed E-state index contributed by atoms with van der Waals surface area (Å²) in [6, 6.07) is 0.252. The van der Waals surface area contributed by atoms with E-state index < -0.39 is 4.92 Å². The van der Waals surface area contributed by atoms with Crippen molar-refractivity contribution in [1.29, 1.82) is 0 Å². The van der Waals surface area contributed by atoms with E-state index in [1.165, 1.54) is 12.7 Å². The zero-order valence-corrected chi connectivity index (χ0v) is 11.9. The van der Waals surface area contributed by atoms with E-state index in [0.717, 1.165) is 19.3 Å². The summed E-state index contributed by atoms with van der Waals surface area (Å²) in [6.45, 7) is 4.67. The predicted octanol–water partition coefficient (Wildman–Crippen LogP) is 2.81. The third kappa shape index (κ3) is 3.34. The maximum absolute atomic E-state index is 11.3. The summed E-state index contributed by atoms with van der Waals surface area (Å²) in [5.41, 5.74) is -0.0624. The second kappa shape index (κ2) is 6.49. The summed E-state index contributed by atoms with van der Waals surface area (Å²) in [4.78, 5) is 18.9. The van der Waals surface area contributed by atoms with E-state index in [-0.39, 0.29) is 17.5 Å². The first-order valence-electron chi connectivity index (χ1n) is 7.11. The molecule has 7 heteroatoms. The van der Waals surface area contributed by atoms with E-state index in [2.05, 4.69) is 27.5 Å². The number of anilines is 2. The molecule has 2 N–H and O–H groups in total. The minimum absolute atomic E-state index is 0.0624. The molecule has 7 nitrogen and oxygen atoms in total. The van der Waals surface area contributed by atoms with Crippen molar-refractivity contribution in [1.82, 2.24) is 9.97 Å². The molecule has 1 aliphatic rings. The van der Waals surface area contributed by atoms with Crippen LogP contribution in [0.1, 0.15) is 39.5 Å². The molecule has 0 bridgehead atoms. The summed E-state index contributed by atoms with van der Waals surface area (Å²) < 4.78 is 0. The molecule has 20 heavy (non-hydrogen) atoms. The number of aromatic nitrogens is 2. The van der Waals surface area contributed by atoms with E-state index >= 15 is 0 Å². The van der Waals surface area contributed by atoms with Crippen LogP contribution >= 0.6 is 0 Å². The molecule has 1 aromatic rings. The van der Waals surface area contributed by atoms with E-state index in [0.29, 0.717) is 18.3 Å². The minimum atomic E-state index is -0.424. The summed E-state index contributed by atoms with van der Waals surface area (Å²) >= 11 is 0. The fraction of sp³-hybridized carbons (Fsp3) is 0.692. The second-order valence-corrected chi connectivity index (χ2v) is 5.32. The van der Waals surface area contributed by atoms with Crippen LogP contribution in [0.5, 0.6) is 0 Å². The van der Waals surface area contributed by atoms with Gasteiger partial charge < -0.3 is 10.6 Å². The number of nitro groups is 1. The largest absolute Gasteiger partial charge is 0.364 e. The highest BCUT2D eigenvalue weighted by molar-refractivity contribution is 5.69. The van der Waals surface area contributed by atoms with Gasteiger partial charge in [-0.15, -0.1) is 0 Å². The van der Waals surface area contributed by atoms with Crippen LogP contribution in [0.3, 0.4) is 0 Å². The van der Waals surface area contributed by atoms with Crippen LogP contribution < -0.4 is 10.6 Å². The Bertz CT molecular complexity index is 480. The van der Waals surface area contributed by atoms with Gasteiger partial charge >= 0.3 is 5.69 Å². The standard InChI is InChI=1S/C13H21N5O2/c1-3-14-12-11(18(19)20)13(16-8-15-12)17-10-6-4-5-9(2)7-10/h8-10H,3-7H2,1-2H3,(H2,14,15,16,17). The van der Waals surface area contributed by atoms with Gasteiger partial charge in [0.1, 0.15) is 6.33 Å². The molecular weight excluding hydrogens is 258 g/mol. The van der Waals surface area contributed by atoms with Gasteiger partial charge in [0.2, 0.25) is 11.6 Å². The lowest BCUT2D eigenvalue weighted by Crippen LogP contribution is -2.27. The third-order valence-electron chi connectivity index (χ3n) is 3.63. The van der Waals surface area contributed by atoms with E-state index in [1.54, 1.807) is 0 Å². The third-order valence-corrected chi connectivity index (χ3v) is 3.63. The summed E-state index contributed by atoms with van der Waals surface area (Å²) in [7, 11) is 0. The van der Waals surface area contributed by atoms with Crippen LogP contribution in [0.25, 0.3) is 0 Å². The zero-order valence-electron chi connectivity index (χ0n) is 11.9. The van der Waals surface area contributed by atoms with Gasteiger partial charge in [-0.25, -0.2) is 9.97 Å². The lowest BCUT2D eigenvalue weighted by Gasteiger charge is -2.27. The normalized spacial score (nSPS) is 22.3. The second-order valence-electron chi connectivity index (χ2n) is 5.32. The number of rotatable bonds is 5. The Morgan fingerprint density at radius 1 is 1.40 bits per heavy atom. The topological polar surface area (TPSA) is 93.0 Å². The van der Waals surface area contributed by atoms with Gasteiger partial charge in [-0.05, 0) is 25.7 Å². The monoisotopic (exact) mass is 279 g/mol. The average Bonchev–Trinajstić information content (AvgIpc) is 2.39. The van der Waals surface area contributed by atoms with E-state index in [4.69, 9.17) is 0 Å². The lowest BCUT2D eigenvalue weighted by atomic mass is 9.87. The molecule has 1 aromatic heterocycles. The molecule has 1 heterocycles. The molecule has 0 spiro atoms. The molecular formula is C13H21N5O2. The molecule has 1 fully saturated rings. The number of nitrogens with zero attached hydrogens (tertiary/aromatic N) is 3. The van der Waals surface area contributed by atoms with Crippen LogP contribution in [0, 0.1) is 16.0 Å². The van der Waals surface area contributed by atoms with E-state index in [1.807, 2.05) is 6.92 Å². The molecule has 1 saturated carbocycles. The number of hydrogen-bond donors (Lipinski definition) is 2. The fourth-order valence-corrected chi connectivity index (χ4v) is 2.71. The van der Waals surface area contributed by atoms with Crippen LogP contribution in [-0.4, -0.2) is 27.5 Å². The SMILES string of the molecule is CCNc1ncnc(NC2CCCC(C)C2)c1[N+](=O)[O-]. The van der Waals surface area contributed by atoms with Gasteiger partial charge in [0, 0.05) is 12.6 Å². The number of nitrogens with one attached hydrogen (secondary N) is 2. The lowest BCUT2D eigenvalue weighted by molar-refractivity contribution is -0.383. The van der Waals surface area contributed by atoms with Crippen LogP contribution in [-0.2, 0) is 0 Å². The fourth-order valence-electron chi connectivity index (χ4n) is 2.71. The first-order valence-corrected chi connectivity index (χ1v) is 7.11. The van der Waals surface area contributed by atoms with Crippen molar-refractivity contribution in [2.45, 2.75) is 45.6 Å². The quantitative estimate of drug-likeness (QED) is 0.636. The van der Waals surface area contributed by atoms with E-state index in [9.17, 15) is 10.1 Å². The Balaban J connectivity index is 2.21. The van der Waals surface area contributed by atoms with Gasteiger partial charge in [-0.3, -0.25) is 10.1 Å². The molecule has 2 atom stereocenters. The Hall–Kier alpha value is -1.92. The number of hydrogen-bond acceptors (Lipinski definition) is 6. The highest BCUT2D eigenvalue weighted by Gasteiger charge is 2.26. The molecule has 0 saturated heterocycles. The molecule has 2 rings (SSSR count). The van der Waals surface area contributed by atoms with Crippen LogP contribution in [0.2, 0.25) is 0 Å². The maximum atomic E-state index is 11.3. The minimum Gasteiger partial charge on any atom is -0.364 e.